The number of anilines is 1. The van der Waals surface area contributed by atoms with Gasteiger partial charge in [-0.15, -0.1) is 0 Å². The van der Waals surface area contributed by atoms with Crippen molar-refractivity contribution in [2.45, 2.75) is 96.2 Å². The van der Waals surface area contributed by atoms with Gasteiger partial charge in [-0.3, -0.25) is 18.9 Å². The molecule has 11 atom stereocenters. The predicted octanol–water partition coefficient (Wildman–Crippen LogP) is 4.76. The molecule has 57 heavy (non-hydrogen) atoms. The fourth-order valence-corrected chi connectivity index (χ4v) is 10.6. The van der Waals surface area contributed by atoms with E-state index in [0.29, 0.717) is 23.4 Å². The minimum Gasteiger partial charge on any atom is -0.489 e. The monoisotopic (exact) mass is 805 g/mol. The van der Waals surface area contributed by atoms with Crippen LogP contribution in [-0.2, 0) is 39.6 Å². The Morgan fingerprint density at radius 3 is 2.54 bits per heavy atom. The second-order valence-electron chi connectivity index (χ2n) is 16.7. The van der Waals surface area contributed by atoms with Crippen LogP contribution in [0.5, 0.6) is 5.75 Å². The smallest absolute Gasteiger partial charge is 0.470 e. The second-order valence-corrected chi connectivity index (χ2v) is 17.9. The highest BCUT2D eigenvalue weighted by atomic mass is 31.2. The normalized spacial score (nSPS) is 33.8. The molecule has 0 aromatic heterocycles. The van der Waals surface area contributed by atoms with Crippen molar-refractivity contribution in [1.82, 2.24) is 5.32 Å². The third-order valence-corrected chi connectivity index (χ3v) is 13.5. The summed E-state index contributed by atoms with van der Waals surface area (Å²) in [7, 11) is -4.99. The third-order valence-electron chi connectivity index (χ3n) is 13.0. The Bertz CT molecular complexity index is 2050. The lowest BCUT2D eigenvalue weighted by Crippen LogP contribution is -2.63. The zero-order valence-corrected chi connectivity index (χ0v) is 33.4. The molecule has 5 aliphatic rings. The van der Waals surface area contributed by atoms with Crippen LogP contribution >= 0.6 is 7.82 Å². The van der Waals surface area contributed by atoms with E-state index in [4.69, 9.17) is 24.5 Å². The summed E-state index contributed by atoms with van der Waals surface area (Å²) < 4.78 is 35.9. The summed E-state index contributed by atoms with van der Waals surface area (Å²) in [4.78, 5) is 57.9. The van der Waals surface area contributed by atoms with Crippen molar-refractivity contribution in [3.8, 4) is 5.75 Å². The molecule has 15 heteroatoms. The number of hydrogen-bond donors (Lipinski definition) is 6. The van der Waals surface area contributed by atoms with Gasteiger partial charge in [0.15, 0.2) is 17.7 Å². The van der Waals surface area contributed by atoms with Gasteiger partial charge in [0.1, 0.15) is 25.0 Å². The van der Waals surface area contributed by atoms with Crippen LogP contribution in [0.1, 0.15) is 70.8 Å². The van der Waals surface area contributed by atoms with Crippen LogP contribution in [-0.4, -0.2) is 69.0 Å². The summed E-state index contributed by atoms with van der Waals surface area (Å²) in [5, 5.41) is 17.4. The Balaban J connectivity index is 1.06. The van der Waals surface area contributed by atoms with Crippen LogP contribution in [0.2, 0.25) is 0 Å². The molecule has 7 N–H and O–H groups in total. The first kappa shape index (κ1) is 41.2. The highest BCUT2D eigenvalue weighted by molar-refractivity contribution is 7.46. The first-order valence-electron chi connectivity index (χ1n) is 19.4. The van der Waals surface area contributed by atoms with E-state index in [-0.39, 0.29) is 36.2 Å². The number of rotatable bonds is 12. The molecule has 0 unspecified atom stereocenters. The van der Waals surface area contributed by atoms with Gasteiger partial charge < -0.3 is 45.5 Å². The number of aliphatic hydroxyl groups excluding tert-OH is 1. The average molecular weight is 806 g/mol. The van der Waals surface area contributed by atoms with Crippen LogP contribution in [0.15, 0.2) is 84.5 Å². The van der Waals surface area contributed by atoms with E-state index < -0.39 is 73.6 Å². The summed E-state index contributed by atoms with van der Waals surface area (Å²) in [5.74, 6) is -1.12. The van der Waals surface area contributed by atoms with E-state index in [1.54, 1.807) is 31.2 Å². The molecule has 0 bridgehead atoms. The molecular weight excluding hydrogens is 753 g/mol. The first-order valence-corrected chi connectivity index (χ1v) is 20.9. The van der Waals surface area contributed by atoms with Gasteiger partial charge in [-0.2, -0.15) is 0 Å². The number of phosphoric ester groups is 1. The molecule has 2 aromatic carbocycles. The van der Waals surface area contributed by atoms with Gasteiger partial charge >= 0.3 is 7.82 Å². The van der Waals surface area contributed by atoms with Gasteiger partial charge in [-0.05, 0) is 74.6 Å². The number of Topliss-reactive ketones (excluding diaryl/α,β-unsaturated/α-hetero) is 1. The van der Waals surface area contributed by atoms with Crippen molar-refractivity contribution in [3.05, 3.63) is 95.6 Å². The molecule has 0 radical (unpaired) electrons. The van der Waals surface area contributed by atoms with E-state index in [1.165, 1.54) is 12.5 Å². The largest absolute Gasteiger partial charge is 0.489 e. The van der Waals surface area contributed by atoms with E-state index in [9.17, 15) is 33.8 Å². The number of benzene rings is 2. The van der Waals surface area contributed by atoms with E-state index in [2.05, 4.69) is 36.3 Å². The number of ketones is 1. The topological polar surface area (TPSA) is 216 Å². The van der Waals surface area contributed by atoms with E-state index in [1.807, 2.05) is 37.3 Å². The molecule has 7 rings (SSSR count). The Morgan fingerprint density at radius 2 is 1.84 bits per heavy atom. The number of allylic oxidation sites excluding steroid dienone is 5. The molecular formula is C42H52N3O11P. The van der Waals surface area contributed by atoms with Gasteiger partial charge in [-0.25, -0.2) is 4.57 Å². The lowest BCUT2D eigenvalue weighted by atomic mass is 9.46. The summed E-state index contributed by atoms with van der Waals surface area (Å²) in [6, 6.07) is 12.6. The molecule has 306 valence electrons. The highest BCUT2D eigenvalue weighted by Gasteiger charge is 2.76. The summed E-state index contributed by atoms with van der Waals surface area (Å²) in [6.07, 6.45) is 6.11. The van der Waals surface area contributed by atoms with Gasteiger partial charge in [-0.1, -0.05) is 74.6 Å². The second kappa shape index (κ2) is 15.3. The van der Waals surface area contributed by atoms with Crippen molar-refractivity contribution in [2.75, 3.05) is 11.9 Å². The zero-order valence-electron chi connectivity index (χ0n) is 32.6. The SMILES string of the molecule is C=C1C=C[C@@]2(C)C(=C1)CC[C@@H]1[C@@H]2[C@@H](O)C[C@@]2(C)[C@H]1C[C@H]1O[C@@H](c3ccc(COc4cccc(NC(=O)[C@H](C)NC(=O)[C@H](C)N)c4)cc3)O[C@]12C(=O)COP(=O)(O)O. The summed E-state index contributed by atoms with van der Waals surface area (Å²) in [6.45, 7) is 10.6. The minimum absolute atomic E-state index is 0.0354. The van der Waals surface area contributed by atoms with Crippen molar-refractivity contribution >= 4 is 31.1 Å². The number of phosphoric acid groups is 1. The minimum atomic E-state index is -4.99. The quantitative estimate of drug-likeness (QED) is 0.160. The Morgan fingerprint density at radius 1 is 1.11 bits per heavy atom. The fourth-order valence-electron chi connectivity index (χ4n) is 10.3. The molecule has 2 aromatic rings. The fraction of sp³-hybridized carbons (Fsp3) is 0.500. The number of hydrogen-bond acceptors (Lipinski definition) is 10. The maximum atomic E-state index is 14.3. The van der Waals surface area contributed by atoms with Gasteiger partial charge in [0.25, 0.3) is 0 Å². The van der Waals surface area contributed by atoms with Crippen molar-refractivity contribution < 1.29 is 52.6 Å². The lowest BCUT2D eigenvalue weighted by molar-refractivity contribution is -0.200. The molecule has 2 amide bonds. The maximum absolute atomic E-state index is 14.3. The third kappa shape index (κ3) is 7.58. The Labute approximate surface area is 332 Å². The van der Waals surface area contributed by atoms with Crippen molar-refractivity contribution in [3.63, 3.8) is 0 Å². The Kier molecular flexibility index (Phi) is 11.1. The van der Waals surface area contributed by atoms with Gasteiger partial charge in [0.2, 0.25) is 11.8 Å². The van der Waals surface area contributed by atoms with Crippen LogP contribution in [0, 0.1) is 28.6 Å². The van der Waals surface area contributed by atoms with Crippen LogP contribution < -0.4 is 21.1 Å². The average Bonchev–Trinajstić information content (AvgIpc) is 3.66. The number of ether oxygens (including phenoxy) is 3. The first-order chi connectivity index (χ1) is 26.8. The van der Waals surface area contributed by atoms with Gasteiger partial charge in [0.05, 0.1) is 18.2 Å². The predicted molar refractivity (Wildman–Crippen MR) is 209 cm³/mol. The summed E-state index contributed by atoms with van der Waals surface area (Å²) in [5.41, 5.74) is 6.75. The standard InChI is InChI=1S/C42H52N3O11P/c1-23-15-16-40(4)28(17-23)13-14-31-32-19-35-42(34(47)22-54-57(50,51)52,41(32,5)20-33(46)36(31)40)56-39(55-35)27-11-9-26(10-12-27)21-53-30-8-6-7-29(18-30)45-38(49)25(3)44-37(48)24(2)43/h6-12,15-18,24-25,31-33,35-36,39,46H,1,13-14,19-22,43H2,2-5H3,(H,44,48)(H,45,49)(H2,50,51,52)/t24-,25-,31-,32-,33-,35+,36+,39+,40-,41-,42+/m0/s1. The van der Waals surface area contributed by atoms with Crippen LogP contribution in [0.4, 0.5) is 5.69 Å². The maximum Gasteiger partial charge on any atom is 0.470 e. The number of fused-ring (bicyclic) bond motifs is 7. The number of carbonyl (C=O) groups excluding carboxylic acids is 3. The molecule has 0 spiro atoms. The number of amides is 2. The lowest BCUT2D eigenvalue weighted by Gasteiger charge is -2.59. The number of nitrogens with two attached hydrogens (primary N) is 1. The molecule has 3 saturated carbocycles. The highest BCUT2D eigenvalue weighted by Crippen LogP contribution is 2.70. The zero-order chi connectivity index (χ0) is 41.1. The molecule has 1 heterocycles. The number of nitrogens with one attached hydrogen (secondary N) is 2. The number of aliphatic hydroxyl groups is 1. The van der Waals surface area contributed by atoms with Crippen molar-refractivity contribution in [1.29, 1.82) is 0 Å². The number of carbonyl (C=O) groups is 3. The van der Waals surface area contributed by atoms with Gasteiger partial charge in [0, 0.05) is 34.1 Å². The molecule has 1 aliphatic heterocycles. The van der Waals surface area contributed by atoms with Crippen molar-refractivity contribution in [2.24, 2.45) is 34.3 Å². The van der Waals surface area contributed by atoms with E-state index >= 15 is 0 Å². The van der Waals surface area contributed by atoms with Crippen LogP contribution in [0.25, 0.3) is 0 Å². The molecule has 4 aliphatic carbocycles. The van der Waals surface area contributed by atoms with Crippen LogP contribution in [0.3, 0.4) is 0 Å². The van der Waals surface area contributed by atoms with E-state index in [0.717, 1.165) is 24.0 Å². The molecule has 1 saturated heterocycles. The summed E-state index contributed by atoms with van der Waals surface area (Å²) >= 11 is 0. The Hall–Kier alpha value is -3.98. The molecule has 4 fully saturated rings. The molecule has 14 nitrogen and oxygen atoms in total.